The zero-order chi connectivity index (χ0) is 10.4. The summed E-state index contributed by atoms with van der Waals surface area (Å²) in [6.07, 6.45) is 2.54. The average molecular weight is 193 g/mol. The van der Waals surface area contributed by atoms with Gasteiger partial charge in [0.25, 0.3) is 0 Å². The van der Waals surface area contributed by atoms with Crippen molar-refractivity contribution < 1.29 is 14.6 Å². The molecule has 0 aliphatic rings. The fourth-order valence-electron chi connectivity index (χ4n) is 0.884. The van der Waals surface area contributed by atoms with Crippen LogP contribution in [0.5, 0.6) is 0 Å². The fraction of sp³-hybridized carbons (Fsp3) is 0.200. The van der Waals surface area contributed by atoms with Gasteiger partial charge in [-0.05, 0) is 19.1 Å². The van der Waals surface area contributed by atoms with Gasteiger partial charge in [0.2, 0.25) is 0 Å². The van der Waals surface area contributed by atoms with Crippen LogP contribution < -0.4 is 0 Å². The van der Waals surface area contributed by atoms with E-state index >= 15 is 0 Å². The number of hydrogen-bond donors (Lipinski definition) is 1. The summed E-state index contributed by atoms with van der Waals surface area (Å²) in [5.74, 6) is -0.764. The number of aliphatic hydroxyl groups is 1. The molecule has 0 atom stereocenters. The van der Waals surface area contributed by atoms with E-state index in [1.807, 2.05) is 0 Å². The monoisotopic (exact) mass is 193 g/mol. The lowest BCUT2D eigenvalue weighted by atomic mass is 10.3. The second-order valence-corrected chi connectivity index (χ2v) is 2.50. The third-order valence-corrected chi connectivity index (χ3v) is 1.47. The first-order valence-corrected chi connectivity index (χ1v) is 4.23. The normalized spacial score (nSPS) is 11.1. The molecule has 0 aliphatic carbocycles. The molecule has 0 fully saturated rings. The van der Waals surface area contributed by atoms with Crippen LogP contribution in [-0.4, -0.2) is 22.7 Å². The Labute approximate surface area is 81.9 Å². The number of rotatable bonds is 3. The van der Waals surface area contributed by atoms with Crippen LogP contribution >= 0.6 is 0 Å². The minimum Gasteiger partial charge on any atom is -0.505 e. The Morgan fingerprint density at radius 1 is 1.64 bits per heavy atom. The first kappa shape index (κ1) is 10.2. The highest BCUT2D eigenvalue weighted by Gasteiger charge is 2.03. The maximum Gasteiger partial charge on any atom is 0.334 e. The summed E-state index contributed by atoms with van der Waals surface area (Å²) in [7, 11) is 0. The molecule has 1 aromatic heterocycles. The molecule has 1 rings (SSSR count). The van der Waals surface area contributed by atoms with Gasteiger partial charge in [-0.2, -0.15) is 0 Å². The van der Waals surface area contributed by atoms with E-state index in [1.165, 1.54) is 6.20 Å². The van der Waals surface area contributed by atoms with Gasteiger partial charge in [-0.1, -0.05) is 6.07 Å². The van der Waals surface area contributed by atoms with Crippen molar-refractivity contribution in [3.05, 3.63) is 36.2 Å². The van der Waals surface area contributed by atoms with Gasteiger partial charge in [0.15, 0.2) is 0 Å². The molecule has 0 amide bonds. The van der Waals surface area contributed by atoms with E-state index in [2.05, 4.69) is 9.72 Å². The number of ether oxygens (including phenoxy) is 1. The van der Waals surface area contributed by atoms with E-state index in [9.17, 15) is 9.90 Å². The second kappa shape index (κ2) is 5.01. The summed E-state index contributed by atoms with van der Waals surface area (Å²) in [5.41, 5.74) is 0.348. The molecule has 1 aromatic rings. The maximum atomic E-state index is 10.9. The van der Waals surface area contributed by atoms with Crippen molar-refractivity contribution in [2.24, 2.45) is 0 Å². The van der Waals surface area contributed by atoms with Crippen molar-refractivity contribution in [3.63, 3.8) is 0 Å². The lowest BCUT2D eigenvalue weighted by Gasteiger charge is -1.98. The Bertz CT molecular complexity index is 332. The SMILES string of the molecule is CCOC(=O)C=C(O)c1ccccn1. The molecule has 0 saturated carbocycles. The molecule has 0 unspecified atom stereocenters. The van der Waals surface area contributed by atoms with Crippen molar-refractivity contribution >= 4 is 11.7 Å². The summed E-state index contributed by atoms with van der Waals surface area (Å²) < 4.78 is 4.63. The van der Waals surface area contributed by atoms with Crippen LogP contribution in [0.3, 0.4) is 0 Å². The molecule has 74 valence electrons. The minimum atomic E-state index is -0.573. The number of esters is 1. The molecule has 4 heteroatoms. The Kier molecular flexibility index (Phi) is 3.67. The highest BCUT2D eigenvalue weighted by atomic mass is 16.5. The highest BCUT2D eigenvalue weighted by Crippen LogP contribution is 2.06. The summed E-state index contributed by atoms with van der Waals surface area (Å²) >= 11 is 0. The average Bonchev–Trinajstić information content (AvgIpc) is 2.19. The van der Waals surface area contributed by atoms with Gasteiger partial charge in [-0.3, -0.25) is 4.98 Å². The molecule has 4 nitrogen and oxygen atoms in total. The van der Waals surface area contributed by atoms with Gasteiger partial charge in [0.1, 0.15) is 11.5 Å². The third-order valence-electron chi connectivity index (χ3n) is 1.47. The van der Waals surface area contributed by atoms with Crippen LogP contribution in [0.15, 0.2) is 30.5 Å². The number of aromatic nitrogens is 1. The van der Waals surface area contributed by atoms with Gasteiger partial charge in [-0.15, -0.1) is 0 Å². The molecule has 1 N–H and O–H groups in total. The van der Waals surface area contributed by atoms with Crippen LogP contribution in [0.2, 0.25) is 0 Å². The molecule has 0 saturated heterocycles. The van der Waals surface area contributed by atoms with Crippen molar-refractivity contribution in [2.45, 2.75) is 6.92 Å². The third kappa shape index (κ3) is 2.90. The van der Waals surface area contributed by atoms with Crippen molar-refractivity contribution in [1.82, 2.24) is 4.98 Å². The fourth-order valence-corrected chi connectivity index (χ4v) is 0.884. The summed E-state index contributed by atoms with van der Waals surface area (Å²) in [6.45, 7) is 1.98. The van der Waals surface area contributed by atoms with Crippen molar-refractivity contribution in [3.8, 4) is 0 Å². The lowest BCUT2D eigenvalue weighted by molar-refractivity contribution is -0.137. The number of nitrogens with zero attached hydrogens (tertiary/aromatic N) is 1. The Morgan fingerprint density at radius 3 is 3.00 bits per heavy atom. The van der Waals surface area contributed by atoms with E-state index in [1.54, 1.807) is 25.1 Å². The molecule has 0 bridgehead atoms. The first-order valence-electron chi connectivity index (χ1n) is 4.23. The predicted octanol–water partition coefficient (Wildman–Crippen LogP) is 1.54. The van der Waals surface area contributed by atoms with E-state index in [4.69, 9.17) is 0 Å². The van der Waals surface area contributed by atoms with Crippen LogP contribution in [-0.2, 0) is 9.53 Å². The number of hydrogen-bond acceptors (Lipinski definition) is 4. The number of carbonyl (C=O) groups is 1. The molecule has 14 heavy (non-hydrogen) atoms. The zero-order valence-electron chi connectivity index (χ0n) is 7.80. The first-order chi connectivity index (χ1) is 6.74. The van der Waals surface area contributed by atoms with Crippen molar-refractivity contribution in [2.75, 3.05) is 6.61 Å². The summed E-state index contributed by atoms with van der Waals surface area (Å²) in [6, 6.07) is 5.05. The Hall–Kier alpha value is -1.84. The van der Waals surface area contributed by atoms with Crippen LogP contribution in [0.4, 0.5) is 0 Å². The molecule has 0 aliphatic heterocycles. The topological polar surface area (TPSA) is 59.4 Å². The number of pyridine rings is 1. The molecule has 1 heterocycles. The predicted molar refractivity (Wildman–Crippen MR) is 51.5 cm³/mol. The molecule has 0 radical (unpaired) electrons. The van der Waals surface area contributed by atoms with Crippen LogP contribution in [0.1, 0.15) is 12.6 Å². The van der Waals surface area contributed by atoms with Gasteiger partial charge < -0.3 is 9.84 Å². The molecule has 0 spiro atoms. The van der Waals surface area contributed by atoms with E-state index in [0.717, 1.165) is 6.08 Å². The highest BCUT2D eigenvalue weighted by molar-refractivity contribution is 5.88. The van der Waals surface area contributed by atoms with Gasteiger partial charge in [-0.25, -0.2) is 4.79 Å². The van der Waals surface area contributed by atoms with E-state index in [-0.39, 0.29) is 12.4 Å². The standard InChI is InChI=1S/C10H11NO3/c1-2-14-10(13)7-9(12)8-5-3-4-6-11-8/h3-7,12H,2H2,1H3. The number of aliphatic hydroxyl groups excluding tert-OH is 1. The Balaban J connectivity index is 2.75. The van der Waals surface area contributed by atoms with Crippen molar-refractivity contribution in [1.29, 1.82) is 0 Å². The lowest BCUT2D eigenvalue weighted by Crippen LogP contribution is -2.01. The smallest absolute Gasteiger partial charge is 0.334 e. The van der Waals surface area contributed by atoms with Crippen LogP contribution in [0, 0.1) is 0 Å². The van der Waals surface area contributed by atoms with E-state index in [0.29, 0.717) is 5.69 Å². The summed E-state index contributed by atoms with van der Waals surface area (Å²) in [5, 5.41) is 9.42. The largest absolute Gasteiger partial charge is 0.505 e. The van der Waals surface area contributed by atoms with Gasteiger partial charge in [0, 0.05) is 6.20 Å². The minimum absolute atomic E-state index is 0.191. The zero-order valence-corrected chi connectivity index (χ0v) is 7.80. The molecule has 0 aromatic carbocycles. The molecular formula is C10H11NO3. The quantitative estimate of drug-likeness (QED) is 0.449. The Morgan fingerprint density at radius 2 is 2.43 bits per heavy atom. The summed E-state index contributed by atoms with van der Waals surface area (Å²) in [4.78, 5) is 14.8. The van der Waals surface area contributed by atoms with Gasteiger partial charge in [0.05, 0.1) is 12.7 Å². The van der Waals surface area contributed by atoms with Gasteiger partial charge >= 0.3 is 5.97 Å². The number of carbonyl (C=O) groups excluding carboxylic acids is 1. The molecular weight excluding hydrogens is 182 g/mol. The van der Waals surface area contributed by atoms with Crippen LogP contribution in [0.25, 0.3) is 5.76 Å². The van der Waals surface area contributed by atoms with E-state index < -0.39 is 5.97 Å². The second-order valence-electron chi connectivity index (χ2n) is 2.50. The maximum absolute atomic E-state index is 10.9.